The van der Waals surface area contributed by atoms with E-state index in [0.717, 1.165) is 17.7 Å². The van der Waals surface area contributed by atoms with E-state index in [1.54, 1.807) is 24.1 Å². The molecule has 162 valence electrons. The molecule has 1 aliphatic carbocycles. The highest BCUT2D eigenvalue weighted by Gasteiger charge is 2.43. The molecule has 2 aromatic rings. The standard InChI is InChI=1S/C24H23F3N2O2/c1-28(2)29-20-12-17(15-6-4-3-5-7-15)13-21(30)23(20)19(14-22(29)31)16-8-10-18(11-9-16)24(25,26)27/h3-11,17,19H,12-14H2,1-2H3/t17-,19-/m0/s1. The van der Waals surface area contributed by atoms with Gasteiger partial charge in [-0.1, -0.05) is 42.5 Å². The molecule has 7 heteroatoms. The third-order valence-corrected chi connectivity index (χ3v) is 6.01. The number of Topliss-reactive ketones (excluding diaryl/α,β-unsaturated/α-hetero) is 1. The molecule has 0 radical (unpaired) electrons. The molecule has 31 heavy (non-hydrogen) atoms. The summed E-state index contributed by atoms with van der Waals surface area (Å²) in [5, 5.41) is 3.21. The van der Waals surface area contributed by atoms with Crippen LogP contribution in [0.1, 0.15) is 47.8 Å². The molecular formula is C24H23F3N2O2. The fourth-order valence-corrected chi connectivity index (χ4v) is 4.63. The second kappa shape index (κ2) is 7.96. The molecule has 0 saturated heterocycles. The van der Waals surface area contributed by atoms with Crippen LogP contribution in [0.3, 0.4) is 0 Å². The lowest BCUT2D eigenvalue weighted by Crippen LogP contribution is -2.47. The van der Waals surface area contributed by atoms with Gasteiger partial charge in [0.25, 0.3) is 0 Å². The van der Waals surface area contributed by atoms with Gasteiger partial charge in [0.05, 0.1) is 5.56 Å². The van der Waals surface area contributed by atoms with Crippen molar-refractivity contribution in [3.05, 3.63) is 82.6 Å². The van der Waals surface area contributed by atoms with Crippen LogP contribution in [-0.4, -0.2) is 35.8 Å². The summed E-state index contributed by atoms with van der Waals surface area (Å²) in [5.74, 6) is -0.811. The van der Waals surface area contributed by atoms with E-state index in [0.29, 0.717) is 29.7 Å². The van der Waals surface area contributed by atoms with Crippen LogP contribution in [0.2, 0.25) is 0 Å². The van der Waals surface area contributed by atoms with Gasteiger partial charge in [-0.2, -0.15) is 13.2 Å². The number of carbonyl (C=O) groups is 2. The van der Waals surface area contributed by atoms with Gasteiger partial charge < -0.3 is 0 Å². The van der Waals surface area contributed by atoms with Crippen molar-refractivity contribution in [1.82, 2.24) is 10.0 Å². The highest BCUT2D eigenvalue weighted by atomic mass is 19.4. The maximum atomic E-state index is 13.3. The monoisotopic (exact) mass is 428 g/mol. The molecule has 2 aliphatic rings. The number of rotatable bonds is 3. The van der Waals surface area contributed by atoms with E-state index in [9.17, 15) is 22.8 Å². The number of hydrazine groups is 1. The van der Waals surface area contributed by atoms with E-state index in [-0.39, 0.29) is 24.0 Å². The van der Waals surface area contributed by atoms with E-state index >= 15 is 0 Å². The molecule has 1 aliphatic heterocycles. The molecule has 1 amide bonds. The van der Waals surface area contributed by atoms with Gasteiger partial charge in [0.1, 0.15) is 0 Å². The Kier molecular flexibility index (Phi) is 5.47. The number of hydrogen-bond acceptors (Lipinski definition) is 3. The molecule has 0 saturated carbocycles. The molecule has 2 aromatic carbocycles. The summed E-state index contributed by atoms with van der Waals surface area (Å²) in [4.78, 5) is 26.3. The van der Waals surface area contributed by atoms with Crippen molar-refractivity contribution in [2.24, 2.45) is 0 Å². The molecule has 0 unspecified atom stereocenters. The van der Waals surface area contributed by atoms with Gasteiger partial charge in [-0.25, -0.2) is 10.0 Å². The van der Waals surface area contributed by atoms with Gasteiger partial charge in [-0.3, -0.25) is 9.59 Å². The van der Waals surface area contributed by atoms with Gasteiger partial charge >= 0.3 is 6.18 Å². The SMILES string of the molecule is CN(C)N1C(=O)C[C@@H](c2ccc(C(F)(F)F)cc2)C2=C1C[C@H](c1ccccc1)CC2=O. The maximum Gasteiger partial charge on any atom is 0.416 e. The number of hydrogen-bond donors (Lipinski definition) is 0. The van der Waals surface area contributed by atoms with Crippen LogP contribution in [0, 0.1) is 0 Å². The summed E-state index contributed by atoms with van der Waals surface area (Å²) >= 11 is 0. The Morgan fingerprint density at radius 2 is 1.52 bits per heavy atom. The second-order valence-corrected chi connectivity index (χ2v) is 8.23. The number of benzene rings is 2. The van der Waals surface area contributed by atoms with Crippen molar-refractivity contribution < 1.29 is 22.8 Å². The number of nitrogens with zero attached hydrogens (tertiary/aromatic N) is 2. The normalized spacial score (nSPS) is 22.2. The van der Waals surface area contributed by atoms with E-state index in [4.69, 9.17) is 0 Å². The summed E-state index contributed by atoms with van der Waals surface area (Å²) in [6, 6.07) is 14.5. The van der Waals surface area contributed by atoms with Crippen LogP contribution >= 0.6 is 0 Å². The van der Waals surface area contributed by atoms with Crippen molar-refractivity contribution in [3.8, 4) is 0 Å². The Morgan fingerprint density at radius 1 is 0.871 bits per heavy atom. The van der Waals surface area contributed by atoms with Gasteiger partial charge in [-0.15, -0.1) is 0 Å². The number of ketones is 1. The van der Waals surface area contributed by atoms with Crippen molar-refractivity contribution in [1.29, 1.82) is 0 Å². The van der Waals surface area contributed by atoms with Crippen LogP contribution < -0.4 is 0 Å². The lowest BCUT2D eigenvalue weighted by atomic mass is 9.73. The molecule has 0 fully saturated rings. The predicted molar refractivity (Wildman–Crippen MR) is 110 cm³/mol. The molecular weight excluding hydrogens is 405 g/mol. The Hall–Kier alpha value is -2.93. The van der Waals surface area contributed by atoms with Crippen LogP contribution in [-0.2, 0) is 15.8 Å². The highest BCUT2D eigenvalue weighted by Crippen LogP contribution is 2.46. The fourth-order valence-electron chi connectivity index (χ4n) is 4.63. The third-order valence-electron chi connectivity index (χ3n) is 6.01. The Balaban J connectivity index is 1.77. The third kappa shape index (κ3) is 4.02. The van der Waals surface area contributed by atoms with Crippen molar-refractivity contribution >= 4 is 11.7 Å². The highest BCUT2D eigenvalue weighted by molar-refractivity contribution is 6.02. The van der Waals surface area contributed by atoms with Gasteiger partial charge in [-0.05, 0) is 35.6 Å². The fraction of sp³-hybridized carbons (Fsp3) is 0.333. The van der Waals surface area contributed by atoms with Gasteiger partial charge in [0.2, 0.25) is 5.91 Å². The zero-order valence-electron chi connectivity index (χ0n) is 17.3. The Morgan fingerprint density at radius 3 is 2.10 bits per heavy atom. The number of alkyl halides is 3. The van der Waals surface area contributed by atoms with Crippen molar-refractivity contribution in [3.63, 3.8) is 0 Å². The summed E-state index contributed by atoms with van der Waals surface area (Å²) in [7, 11) is 3.50. The lowest BCUT2D eigenvalue weighted by Gasteiger charge is -2.42. The number of carbonyl (C=O) groups excluding carboxylic acids is 2. The van der Waals surface area contributed by atoms with E-state index in [2.05, 4.69) is 0 Å². The minimum absolute atomic E-state index is 0.0458. The predicted octanol–water partition coefficient (Wildman–Crippen LogP) is 4.90. The first-order valence-corrected chi connectivity index (χ1v) is 10.2. The minimum Gasteiger partial charge on any atom is -0.294 e. The van der Waals surface area contributed by atoms with Gasteiger partial charge in [0, 0.05) is 44.1 Å². The first-order valence-electron chi connectivity index (χ1n) is 10.2. The topological polar surface area (TPSA) is 40.6 Å². The molecule has 1 heterocycles. The van der Waals surface area contributed by atoms with E-state index in [1.165, 1.54) is 12.1 Å². The molecule has 2 atom stereocenters. The Labute approximate surface area is 178 Å². The molecule has 0 spiro atoms. The lowest BCUT2D eigenvalue weighted by molar-refractivity contribution is -0.143. The first-order chi connectivity index (χ1) is 14.7. The molecule has 4 nitrogen and oxygen atoms in total. The molecule has 0 N–H and O–H groups in total. The summed E-state index contributed by atoms with van der Waals surface area (Å²) in [5.41, 5.74) is 2.03. The zero-order chi connectivity index (χ0) is 22.3. The largest absolute Gasteiger partial charge is 0.416 e. The Bertz CT molecular complexity index is 1030. The smallest absolute Gasteiger partial charge is 0.294 e. The van der Waals surface area contributed by atoms with Crippen LogP contribution in [0.5, 0.6) is 0 Å². The van der Waals surface area contributed by atoms with Crippen molar-refractivity contribution in [2.75, 3.05) is 14.1 Å². The summed E-state index contributed by atoms with van der Waals surface area (Å²) in [6.45, 7) is 0. The van der Waals surface area contributed by atoms with Crippen LogP contribution in [0.4, 0.5) is 13.2 Å². The van der Waals surface area contributed by atoms with Crippen LogP contribution in [0.25, 0.3) is 0 Å². The minimum atomic E-state index is -4.43. The van der Waals surface area contributed by atoms with Crippen LogP contribution in [0.15, 0.2) is 65.9 Å². The number of allylic oxidation sites excluding steroid dienone is 2. The molecule has 0 bridgehead atoms. The average Bonchev–Trinajstić information content (AvgIpc) is 2.72. The van der Waals surface area contributed by atoms with E-state index < -0.39 is 17.7 Å². The zero-order valence-corrected chi connectivity index (χ0v) is 17.3. The average molecular weight is 428 g/mol. The number of amides is 1. The summed E-state index contributed by atoms with van der Waals surface area (Å²) in [6.07, 6.45) is -3.55. The molecule has 0 aromatic heterocycles. The molecule has 4 rings (SSSR count). The first kappa shape index (κ1) is 21.3. The maximum absolute atomic E-state index is 13.3. The van der Waals surface area contributed by atoms with E-state index in [1.807, 2.05) is 30.3 Å². The quantitative estimate of drug-likeness (QED) is 0.698. The second-order valence-electron chi connectivity index (χ2n) is 8.23. The summed E-state index contributed by atoms with van der Waals surface area (Å²) < 4.78 is 38.9. The van der Waals surface area contributed by atoms with Gasteiger partial charge in [0.15, 0.2) is 5.78 Å². The van der Waals surface area contributed by atoms with Crippen molar-refractivity contribution in [2.45, 2.75) is 37.3 Å². The number of halogens is 3.